The van der Waals surface area contributed by atoms with Crippen LogP contribution in [0.25, 0.3) is 0 Å². The van der Waals surface area contributed by atoms with E-state index in [0.29, 0.717) is 27.0 Å². The molecule has 4 nitrogen and oxygen atoms in total. The molecule has 2 rings (SSSR count). The lowest BCUT2D eigenvalue weighted by molar-refractivity contribution is 0.102. The summed E-state index contributed by atoms with van der Waals surface area (Å²) in [6.45, 7) is 3.75. The van der Waals surface area contributed by atoms with Gasteiger partial charge < -0.3 is 10.7 Å². The van der Waals surface area contributed by atoms with Crippen LogP contribution in [0.3, 0.4) is 0 Å². The maximum atomic E-state index is 12.4. The van der Waals surface area contributed by atoms with Gasteiger partial charge in [-0.25, -0.2) is 0 Å². The highest BCUT2D eigenvalue weighted by atomic mass is 35.5. The first-order valence-corrected chi connectivity index (χ1v) is 7.03. The third-order valence-electron chi connectivity index (χ3n) is 3.10. The quantitative estimate of drug-likeness (QED) is 0.587. The number of carbonyl (C=O) groups is 1. The number of rotatable bonds is 3. The largest absolute Gasteiger partial charge is 0.323 e. The molecule has 0 atom stereocenters. The van der Waals surface area contributed by atoms with Crippen molar-refractivity contribution in [3.8, 4) is 0 Å². The minimum Gasteiger partial charge on any atom is -0.323 e. The standard InChI is InChI=1S/C15H15Cl2N3O/c1-8-3-5-10(12(7-8)20-18)15(21)19-14-11(16)6-4-9(2)13(14)17/h3-7,20H,18H2,1-2H3,(H,19,21). The summed E-state index contributed by atoms with van der Waals surface area (Å²) < 4.78 is 0. The van der Waals surface area contributed by atoms with Crippen LogP contribution in [0, 0.1) is 13.8 Å². The third kappa shape index (κ3) is 3.29. The van der Waals surface area contributed by atoms with Gasteiger partial charge in [0.2, 0.25) is 0 Å². The first-order valence-electron chi connectivity index (χ1n) is 6.27. The van der Waals surface area contributed by atoms with Gasteiger partial charge in [0, 0.05) is 0 Å². The minimum atomic E-state index is -0.336. The zero-order valence-electron chi connectivity index (χ0n) is 11.6. The molecule has 4 N–H and O–H groups in total. The van der Waals surface area contributed by atoms with Gasteiger partial charge in [-0.2, -0.15) is 0 Å². The maximum absolute atomic E-state index is 12.4. The summed E-state index contributed by atoms with van der Waals surface area (Å²) in [4.78, 5) is 12.4. The van der Waals surface area contributed by atoms with E-state index in [4.69, 9.17) is 29.0 Å². The van der Waals surface area contributed by atoms with Gasteiger partial charge in [-0.15, -0.1) is 0 Å². The zero-order valence-corrected chi connectivity index (χ0v) is 13.1. The molecule has 0 fully saturated rings. The zero-order chi connectivity index (χ0) is 15.6. The van der Waals surface area contributed by atoms with Gasteiger partial charge in [-0.3, -0.25) is 10.6 Å². The Kier molecular flexibility index (Phi) is 4.73. The fourth-order valence-electron chi connectivity index (χ4n) is 1.93. The van der Waals surface area contributed by atoms with Crippen molar-refractivity contribution in [2.45, 2.75) is 13.8 Å². The van der Waals surface area contributed by atoms with Gasteiger partial charge >= 0.3 is 0 Å². The molecule has 0 aliphatic heterocycles. The monoisotopic (exact) mass is 323 g/mol. The smallest absolute Gasteiger partial charge is 0.257 e. The number of carbonyl (C=O) groups excluding carboxylic acids is 1. The molecule has 0 unspecified atom stereocenters. The van der Waals surface area contributed by atoms with Crippen LogP contribution in [0.1, 0.15) is 21.5 Å². The van der Waals surface area contributed by atoms with E-state index in [9.17, 15) is 4.79 Å². The predicted molar refractivity (Wildman–Crippen MR) is 88.1 cm³/mol. The lowest BCUT2D eigenvalue weighted by atomic mass is 10.1. The summed E-state index contributed by atoms with van der Waals surface area (Å²) in [5, 5.41) is 3.54. The molecule has 0 bridgehead atoms. The SMILES string of the molecule is Cc1ccc(C(=O)Nc2c(Cl)ccc(C)c2Cl)c(NN)c1. The number of nitrogens with one attached hydrogen (secondary N) is 2. The first kappa shape index (κ1) is 15.6. The van der Waals surface area contributed by atoms with E-state index in [1.54, 1.807) is 24.3 Å². The number of nitrogen functional groups attached to an aromatic ring is 1. The molecule has 2 aromatic carbocycles. The summed E-state index contributed by atoms with van der Waals surface area (Å²) in [5.41, 5.74) is 5.68. The molecule has 0 heterocycles. The summed E-state index contributed by atoms with van der Waals surface area (Å²) in [7, 11) is 0. The predicted octanol–water partition coefficient (Wildman–Crippen LogP) is 4.15. The highest BCUT2D eigenvalue weighted by Crippen LogP contribution is 2.33. The van der Waals surface area contributed by atoms with Crippen LogP contribution in [-0.4, -0.2) is 5.91 Å². The van der Waals surface area contributed by atoms with Crippen molar-refractivity contribution in [2.75, 3.05) is 10.7 Å². The molecule has 0 radical (unpaired) electrons. The lowest BCUT2D eigenvalue weighted by Gasteiger charge is -2.13. The van der Waals surface area contributed by atoms with E-state index < -0.39 is 0 Å². The number of hydrogen-bond acceptors (Lipinski definition) is 3. The van der Waals surface area contributed by atoms with Crippen molar-refractivity contribution < 1.29 is 4.79 Å². The summed E-state index contributed by atoms with van der Waals surface area (Å²) >= 11 is 12.3. The molecule has 0 aliphatic carbocycles. The molecular formula is C15H15Cl2N3O. The van der Waals surface area contributed by atoms with Crippen LogP contribution in [0.2, 0.25) is 10.0 Å². The number of aryl methyl sites for hydroxylation is 2. The number of hydrazine groups is 1. The van der Waals surface area contributed by atoms with Crippen LogP contribution >= 0.6 is 23.2 Å². The second-order valence-corrected chi connectivity index (χ2v) is 5.49. The summed E-state index contributed by atoms with van der Waals surface area (Å²) in [5.74, 6) is 5.12. The Morgan fingerprint density at radius 3 is 2.52 bits per heavy atom. The molecule has 110 valence electrons. The van der Waals surface area contributed by atoms with Gasteiger partial charge in [0.1, 0.15) is 0 Å². The molecule has 6 heteroatoms. The molecular weight excluding hydrogens is 309 g/mol. The van der Waals surface area contributed by atoms with Crippen LogP contribution in [0.15, 0.2) is 30.3 Å². The van der Waals surface area contributed by atoms with E-state index in [0.717, 1.165) is 11.1 Å². The van der Waals surface area contributed by atoms with Gasteiger partial charge in [-0.1, -0.05) is 35.3 Å². The van der Waals surface area contributed by atoms with E-state index >= 15 is 0 Å². The van der Waals surface area contributed by atoms with Crippen LogP contribution in [0.5, 0.6) is 0 Å². The molecule has 0 spiro atoms. The lowest BCUT2D eigenvalue weighted by Crippen LogP contribution is -2.18. The van der Waals surface area contributed by atoms with Crippen molar-refractivity contribution in [1.29, 1.82) is 0 Å². The highest BCUT2D eigenvalue weighted by molar-refractivity contribution is 6.40. The van der Waals surface area contributed by atoms with Crippen molar-refractivity contribution >= 4 is 40.5 Å². The molecule has 0 aliphatic rings. The Bertz CT molecular complexity index is 702. The Hall–Kier alpha value is -1.75. The number of hydrogen-bond donors (Lipinski definition) is 3. The Morgan fingerprint density at radius 2 is 1.86 bits per heavy atom. The Balaban J connectivity index is 2.37. The van der Waals surface area contributed by atoms with Crippen molar-refractivity contribution in [1.82, 2.24) is 0 Å². The fourth-order valence-corrected chi connectivity index (χ4v) is 2.39. The second kappa shape index (κ2) is 6.35. The number of benzene rings is 2. The van der Waals surface area contributed by atoms with E-state index in [-0.39, 0.29) is 5.91 Å². The van der Waals surface area contributed by atoms with E-state index in [2.05, 4.69) is 10.7 Å². The van der Waals surface area contributed by atoms with Crippen LogP contribution < -0.4 is 16.6 Å². The maximum Gasteiger partial charge on any atom is 0.257 e. The average molecular weight is 324 g/mol. The number of amides is 1. The van der Waals surface area contributed by atoms with E-state index in [1.807, 2.05) is 19.9 Å². The van der Waals surface area contributed by atoms with Crippen LogP contribution in [0.4, 0.5) is 11.4 Å². The molecule has 0 saturated heterocycles. The minimum absolute atomic E-state index is 0.336. The Labute approximate surface area is 133 Å². The van der Waals surface area contributed by atoms with Gasteiger partial charge in [0.05, 0.1) is 27.0 Å². The van der Waals surface area contributed by atoms with Crippen LogP contribution in [-0.2, 0) is 0 Å². The van der Waals surface area contributed by atoms with Crippen molar-refractivity contribution in [3.63, 3.8) is 0 Å². The van der Waals surface area contributed by atoms with E-state index in [1.165, 1.54) is 0 Å². The number of anilines is 2. The highest BCUT2D eigenvalue weighted by Gasteiger charge is 2.15. The molecule has 2 aromatic rings. The fraction of sp³-hybridized carbons (Fsp3) is 0.133. The summed E-state index contributed by atoms with van der Waals surface area (Å²) in [6, 6.07) is 8.79. The molecule has 1 amide bonds. The van der Waals surface area contributed by atoms with Gasteiger partial charge in [-0.05, 0) is 43.2 Å². The van der Waals surface area contributed by atoms with Crippen molar-refractivity contribution in [3.05, 3.63) is 57.1 Å². The molecule has 0 saturated carbocycles. The average Bonchev–Trinajstić information content (AvgIpc) is 2.47. The third-order valence-corrected chi connectivity index (χ3v) is 3.90. The number of nitrogens with two attached hydrogens (primary N) is 1. The molecule has 21 heavy (non-hydrogen) atoms. The first-order chi connectivity index (χ1) is 9.93. The van der Waals surface area contributed by atoms with Crippen molar-refractivity contribution in [2.24, 2.45) is 5.84 Å². The number of halogens is 2. The topological polar surface area (TPSA) is 67.2 Å². The summed E-state index contributed by atoms with van der Waals surface area (Å²) in [6.07, 6.45) is 0. The Morgan fingerprint density at radius 1 is 1.14 bits per heavy atom. The molecule has 0 aromatic heterocycles. The normalized spacial score (nSPS) is 10.3. The van der Waals surface area contributed by atoms with Gasteiger partial charge in [0.25, 0.3) is 5.91 Å². The second-order valence-electron chi connectivity index (χ2n) is 4.70. The van der Waals surface area contributed by atoms with Gasteiger partial charge in [0.15, 0.2) is 0 Å².